The molecule has 2 N–H and O–H groups in total. The first-order valence-electron chi connectivity index (χ1n) is 5.37. The number of rotatable bonds is 7. The second-order valence-electron chi connectivity index (χ2n) is 3.62. The third kappa shape index (κ3) is 5.34. The van der Waals surface area contributed by atoms with Gasteiger partial charge < -0.3 is 10.4 Å². The van der Waals surface area contributed by atoms with Crippen LogP contribution < -0.4 is 5.32 Å². The number of aliphatic hydroxyl groups is 1. The molecule has 16 heavy (non-hydrogen) atoms. The van der Waals surface area contributed by atoms with Gasteiger partial charge in [0.05, 0.1) is 6.10 Å². The van der Waals surface area contributed by atoms with Crippen LogP contribution in [-0.2, 0) is 0 Å². The minimum absolute atomic E-state index is 0.424. The highest BCUT2D eigenvalue weighted by Gasteiger charge is 2.06. The van der Waals surface area contributed by atoms with Crippen LogP contribution in [0.25, 0.3) is 0 Å². The van der Waals surface area contributed by atoms with Gasteiger partial charge >= 0.3 is 0 Å². The molecule has 1 aromatic rings. The molecule has 0 bridgehead atoms. The molecule has 0 aromatic heterocycles. The lowest BCUT2D eigenvalue weighted by molar-refractivity contribution is 0.175. The van der Waals surface area contributed by atoms with E-state index in [1.165, 1.54) is 5.75 Å². The highest BCUT2D eigenvalue weighted by molar-refractivity contribution is 9.10. The second kappa shape index (κ2) is 8.12. The van der Waals surface area contributed by atoms with Crippen LogP contribution in [0.1, 0.15) is 18.1 Å². The number of halogens is 1. The molecule has 0 aliphatic carbocycles. The van der Waals surface area contributed by atoms with Crippen LogP contribution >= 0.6 is 27.7 Å². The van der Waals surface area contributed by atoms with E-state index in [-0.39, 0.29) is 0 Å². The Morgan fingerprint density at radius 2 is 2.31 bits per heavy atom. The maximum atomic E-state index is 9.91. The molecule has 0 aliphatic heterocycles. The normalized spacial score (nSPS) is 12.7. The van der Waals surface area contributed by atoms with Gasteiger partial charge in [-0.15, -0.1) is 0 Å². The molecule has 0 saturated heterocycles. The monoisotopic (exact) mass is 303 g/mol. The number of nitrogens with one attached hydrogen (secondary N) is 1. The fourth-order valence-electron chi connectivity index (χ4n) is 1.41. The predicted octanol–water partition coefficient (Wildman–Crippen LogP) is 2.83. The van der Waals surface area contributed by atoms with Crippen molar-refractivity contribution in [3.8, 4) is 0 Å². The van der Waals surface area contributed by atoms with Gasteiger partial charge in [-0.05, 0) is 42.7 Å². The summed E-state index contributed by atoms with van der Waals surface area (Å²) < 4.78 is 1.01. The molecule has 1 unspecified atom stereocenters. The molecule has 4 heteroatoms. The van der Waals surface area contributed by atoms with E-state index in [9.17, 15) is 5.11 Å². The predicted molar refractivity (Wildman–Crippen MR) is 75.0 cm³/mol. The van der Waals surface area contributed by atoms with Crippen LogP contribution in [0.2, 0.25) is 0 Å². The van der Waals surface area contributed by atoms with Gasteiger partial charge in [0, 0.05) is 11.0 Å². The summed E-state index contributed by atoms with van der Waals surface area (Å²) in [6, 6.07) is 7.80. The van der Waals surface area contributed by atoms with Gasteiger partial charge in [0.1, 0.15) is 0 Å². The first-order chi connectivity index (χ1) is 7.74. The third-order valence-electron chi connectivity index (χ3n) is 2.27. The average molecular weight is 304 g/mol. The SMILES string of the molecule is CSCCCNCC(O)c1cccc(Br)c1. The topological polar surface area (TPSA) is 32.3 Å². The van der Waals surface area contributed by atoms with Crippen LogP contribution in [0.5, 0.6) is 0 Å². The summed E-state index contributed by atoms with van der Waals surface area (Å²) in [5.41, 5.74) is 0.951. The Hall–Kier alpha value is -0.0300. The Labute approximate surface area is 110 Å². The molecule has 0 aliphatic rings. The van der Waals surface area contributed by atoms with Crippen LogP contribution in [-0.4, -0.2) is 30.2 Å². The second-order valence-corrected chi connectivity index (χ2v) is 5.52. The van der Waals surface area contributed by atoms with Crippen LogP contribution in [0.4, 0.5) is 0 Å². The van der Waals surface area contributed by atoms with Crippen molar-refractivity contribution in [2.24, 2.45) is 0 Å². The summed E-state index contributed by atoms with van der Waals surface area (Å²) in [6.45, 7) is 1.58. The Balaban J connectivity index is 2.27. The highest BCUT2D eigenvalue weighted by atomic mass is 79.9. The molecule has 0 spiro atoms. The van der Waals surface area contributed by atoms with Crippen molar-refractivity contribution >= 4 is 27.7 Å². The van der Waals surface area contributed by atoms with Gasteiger partial charge in [-0.1, -0.05) is 28.1 Å². The van der Waals surface area contributed by atoms with E-state index in [0.717, 1.165) is 23.0 Å². The molecule has 1 rings (SSSR count). The van der Waals surface area contributed by atoms with Crippen molar-refractivity contribution in [2.45, 2.75) is 12.5 Å². The number of thioether (sulfide) groups is 1. The molecule has 0 saturated carbocycles. The van der Waals surface area contributed by atoms with Crippen molar-refractivity contribution in [3.05, 3.63) is 34.3 Å². The smallest absolute Gasteiger partial charge is 0.0914 e. The first-order valence-corrected chi connectivity index (χ1v) is 7.56. The van der Waals surface area contributed by atoms with Crippen LogP contribution in [0.3, 0.4) is 0 Å². The van der Waals surface area contributed by atoms with Crippen LogP contribution in [0, 0.1) is 0 Å². The maximum Gasteiger partial charge on any atom is 0.0914 e. The molecule has 0 amide bonds. The van der Waals surface area contributed by atoms with E-state index in [2.05, 4.69) is 27.5 Å². The highest BCUT2D eigenvalue weighted by Crippen LogP contribution is 2.17. The van der Waals surface area contributed by atoms with Gasteiger partial charge in [-0.25, -0.2) is 0 Å². The van der Waals surface area contributed by atoms with Gasteiger partial charge in [0.2, 0.25) is 0 Å². The lowest BCUT2D eigenvalue weighted by Gasteiger charge is -2.12. The zero-order chi connectivity index (χ0) is 11.8. The number of benzene rings is 1. The summed E-state index contributed by atoms with van der Waals surface area (Å²) in [4.78, 5) is 0. The zero-order valence-corrected chi connectivity index (χ0v) is 11.9. The average Bonchev–Trinajstić information content (AvgIpc) is 2.28. The first kappa shape index (κ1) is 14.0. The number of hydrogen-bond donors (Lipinski definition) is 2. The van der Waals surface area contributed by atoms with E-state index >= 15 is 0 Å². The quantitative estimate of drug-likeness (QED) is 0.760. The van der Waals surface area contributed by atoms with Gasteiger partial charge in [0.15, 0.2) is 0 Å². The van der Waals surface area contributed by atoms with Crippen molar-refractivity contribution in [1.82, 2.24) is 5.32 Å². The molecule has 2 nitrogen and oxygen atoms in total. The molecule has 1 atom stereocenters. The molecule has 0 heterocycles. The fraction of sp³-hybridized carbons (Fsp3) is 0.500. The van der Waals surface area contributed by atoms with Crippen molar-refractivity contribution in [2.75, 3.05) is 25.1 Å². The largest absolute Gasteiger partial charge is 0.387 e. The maximum absolute atomic E-state index is 9.91. The van der Waals surface area contributed by atoms with Crippen LogP contribution in [0.15, 0.2) is 28.7 Å². The molecular weight excluding hydrogens is 286 g/mol. The van der Waals surface area contributed by atoms with E-state index in [1.807, 2.05) is 36.0 Å². The molecule has 0 fully saturated rings. The Morgan fingerprint density at radius 1 is 1.50 bits per heavy atom. The van der Waals surface area contributed by atoms with Gasteiger partial charge in [-0.2, -0.15) is 11.8 Å². The standard InChI is InChI=1S/C12H18BrNOS/c1-16-7-3-6-14-9-12(15)10-4-2-5-11(13)8-10/h2,4-5,8,12,14-15H,3,6-7,9H2,1H3. The molecular formula is C12H18BrNOS. The number of aliphatic hydroxyl groups excluding tert-OH is 1. The van der Waals surface area contributed by atoms with Crippen molar-refractivity contribution < 1.29 is 5.11 Å². The van der Waals surface area contributed by atoms with E-state index in [4.69, 9.17) is 0 Å². The van der Waals surface area contributed by atoms with Gasteiger partial charge in [0.25, 0.3) is 0 Å². The molecule has 90 valence electrons. The summed E-state index contributed by atoms with van der Waals surface area (Å²) >= 11 is 5.25. The van der Waals surface area contributed by atoms with Crippen molar-refractivity contribution in [3.63, 3.8) is 0 Å². The Bertz CT molecular complexity index is 309. The van der Waals surface area contributed by atoms with E-state index in [1.54, 1.807) is 0 Å². The summed E-state index contributed by atoms with van der Waals surface area (Å²) in [7, 11) is 0. The molecule has 1 aromatic carbocycles. The van der Waals surface area contributed by atoms with Gasteiger partial charge in [-0.3, -0.25) is 0 Å². The minimum atomic E-state index is -0.424. The minimum Gasteiger partial charge on any atom is -0.387 e. The zero-order valence-electron chi connectivity index (χ0n) is 9.45. The summed E-state index contributed by atoms with van der Waals surface area (Å²) in [5, 5.41) is 13.2. The lowest BCUT2D eigenvalue weighted by atomic mass is 10.1. The molecule has 0 radical (unpaired) electrons. The lowest BCUT2D eigenvalue weighted by Crippen LogP contribution is -2.22. The Kier molecular flexibility index (Phi) is 7.12. The number of hydrogen-bond acceptors (Lipinski definition) is 3. The van der Waals surface area contributed by atoms with Crippen molar-refractivity contribution in [1.29, 1.82) is 0 Å². The third-order valence-corrected chi connectivity index (χ3v) is 3.46. The van der Waals surface area contributed by atoms with E-state index < -0.39 is 6.10 Å². The summed E-state index contributed by atoms with van der Waals surface area (Å²) in [5.74, 6) is 1.17. The summed E-state index contributed by atoms with van der Waals surface area (Å²) in [6.07, 6.45) is 2.83. The Morgan fingerprint density at radius 3 is 3.00 bits per heavy atom. The fourth-order valence-corrected chi connectivity index (χ4v) is 2.26. The van der Waals surface area contributed by atoms with E-state index in [0.29, 0.717) is 6.54 Å².